The van der Waals surface area contributed by atoms with E-state index in [1.807, 2.05) is 0 Å². The molecule has 5 nitrogen and oxygen atoms in total. The van der Waals surface area contributed by atoms with Crippen molar-refractivity contribution in [2.45, 2.75) is 13.0 Å². The molecule has 0 saturated carbocycles. The highest BCUT2D eigenvalue weighted by Gasteiger charge is 2.19. The van der Waals surface area contributed by atoms with Gasteiger partial charge in [0.25, 0.3) is 5.91 Å². The molecule has 6 heteroatoms. The first-order valence-electron chi connectivity index (χ1n) is 4.31. The number of carbonyl (C=O) groups is 2. The van der Waals surface area contributed by atoms with Gasteiger partial charge in [-0.3, -0.25) is 4.79 Å². The van der Waals surface area contributed by atoms with Crippen molar-refractivity contribution in [3.05, 3.63) is 16.3 Å². The molecule has 0 saturated heterocycles. The first-order valence-corrected chi connectivity index (χ1v) is 5.19. The van der Waals surface area contributed by atoms with Crippen molar-refractivity contribution in [3.63, 3.8) is 0 Å². The Morgan fingerprint density at radius 2 is 2.27 bits per heavy atom. The van der Waals surface area contributed by atoms with Crippen LogP contribution in [-0.2, 0) is 9.53 Å². The SMILES string of the molecule is CNC(=O)C(C)OC(=O)c1sccc1N. The van der Waals surface area contributed by atoms with Gasteiger partial charge in [0.2, 0.25) is 0 Å². The lowest BCUT2D eigenvalue weighted by Gasteiger charge is -2.10. The molecule has 0 aromatic carbocycles. The standard InChI is InChI=1S/C9H12N2O3S/c1-5(8(12)11-2)14-9(13)7-6(10)3-4-15-7/h3-5H,10H2,1-2H3,(H,11,12). The molecule has 1 atom stereocenters. The third kappa shape index (κ3) is 2.69. The lowest BCUT2D eigenvalue weighted by Crippen LogP contribution is -2.33. The van der Waals surface area contributed by atoms with Crippen LogP contribution in [0.4, 0.5) is 5.69 Å². The number of rotatable bonds is 3. The van der Waals surface area contributed by atoms with Gasteiger partial charge in [-0.05, 0) is 18.4 Å². The van der Waals surface area contributed by atoms with Crippen LogP contribution in [0.2, 0.25) is 0 Å². The molecule has 82 valence electrons. The lowest BCUT2D eigenvalue weighted by molar-refractivity contribution is -0.128. The van der Waals surface area contributed by atoms with Crippen LogP contribution in [0.1, 0.15) is 16.6 Å². The fraction of sp³-hybridized carbons (Fsp3) is 0.333. The van der Waals surface area contributed by atoms with Crippen molar-refractivity contribution in [2.75, 3.05) is 12.8 Å². The Balaban J connectivity index is 2.64. The van der Waals surface area contributed by atoms with Gasteiger partial charge in [0.1, 0.15) is 4.88 Å². The van der Waals surface area contributed by atoms with Gasteiger partial charge in [-0.2, -0.15) is 0 Å². The van der Waals surface area contributed by atoms with Gasteiger partial charge in [0.15, 0.2) is 6.10 Å². The number of amides is 1. The lowest BCUT2D eigenvalue weighted by atomic mass is 10.3. The minimum absolute atomic E-state index is 0.325. The van der Waals surface area contributed by atoms with E-state index in [-0.39, 0.29) is 5.91 Å². The van der Waals surface area contributed by atoms with Crippen LogP contribution < -0.4 is 11.1 Å². The fourth-order valence-electron chi connectivity index (χ4n) is 0.956. The highest BCUT2D eigenvalue weighted by atomic mass is 32.1. The number of hydrogen-bond acceptors (Lipinski definition) is 5. The van der Waals surface area contributed by atoms with Crippen LogP contribution in [0.15, 0.2) is 11.4 Å². The van der Waals surface area contributed by atoms with E-state index in [2.05, 4.69) is 5.32 Å². The van der Waals surface area contributed by atoms with E-state index in [1.54, 1.807) is 11.4 Å². The summed E-state index contributed by atoms with van der Waals surface area (Å²) < 4.78 is 4.91. The molecule has 1 amide bonds. The molecule has 1 unspecified atom stereocenters. The zero-order chi connectivity index (χ0) is 11.4. The van der Waals surface area contributed by atoms with Gasteiger partial charge in [0.05, 0.1) is 5.69 Å². The maximum atomic E-state index is 11.5. The molecule has 1 heterocycles. The van der Waals surface area contributed by atoms with E-state index < -0.39 is 12.1 Å². The summed E-state index contributed by atoms with van der Waals surface area (Å²) in [7, 11) is 1.48. The summed E-state index contributed by atoms with van der Waals surface area (Å²) in [5.41, 5.74) is 5.90. The molecule has 1 rings (SSSR count). The smallest absolute Gasteiger partial charge is 0.351 e. The van der Waals surface area contributed by atoms with Crippen LogP contribution in [0.25, 0.3) is 0 Å². The average Bonchev–Trinajstić information content (AvgIpc) is 2.63. The van der Waals surface area contributed by atoms with Crippen molar-refractivity contribution in [1.82, 2.24) is 5.32 Å². The second-order valence-corrected chi connectivity index (χ2v) is 3.78. The molecular weight excluding hydrogens is 216 g/mol. The molecule has 0 fully saturated rings. The van der Waals surface area contributed by atoms with Crippen LogP contribution in [-0.4, -0.2) is 25.0 Å². The minimum Gasteiger partial charge on any atom is -0.448 e. The van der Waals surface area contributed by atoms with E-state index >= 15 is 0 Å². The van der Waals surface area contributed by atoms with E-state index in [0.29, 0.717) is 10.6 Å². The van der Waals surface area contributed by atoms with Gasteiger partial charge in [-0.15, -0.1) is 11.3 Å². The summed E-state index contributed by atoms with van der Waals surface area (Å²) in [6.45, 7) is 1.50. The fourth-order valence-corrected chi connectivity index (χ4v) is 1.66. The molecule has 0 aliphatic heterocycles. The first kappa shape index (κ1) is 11.5. The quantitative estimate of drug-likeness (QED) is 0.743. The molecule has 3 N–H and O–H groups in total. The summed E-state index contributed by atoms with van der Waals surface area (Å²) in [5, 5.41) is 4.08. The molecule has 15 heavy (non-hydrogen) atoms. The van der Waals surface area contributed by atoms with Crippen molar-refractivity contribution in [2.24, 2.45) is 0 Å². The summed E-state index contributed by atoms with van der Waals surface area (Å²) in [6, 6.07) is 1.62. The Bertz CT molecular complexity index is 375. The van der Waals surface area contributed by atoms with Crippen LogP contribution in [0.5, 0.6) is 0 Å². The van der Waals surface area contributed by atoms with Crippen LogP contribution >= 0.6 is 11.3 Å². The predicted molar refractivity (Wildman–Crippen MR) is 57.7 cm³/mol. The van der Waals surface area contributed by atoms with E-state index in [4.69, 9.17) is 10.5 Å². The Morgan fingerprint density at radius 1 is 1.60 bits per heavy atom. The van der Waals surface area contributed by atoms with Gasteiger partial charge in [-0.1, -0.05) is 0 Å². The van der Waals surface area contributed by atoms with Crippen LogP contribution in [0, 0.1) is 0 Å². The van der Waals surface area contributed by atoms with Gasteiger partial charge >= 0.3 is 5.97 Å². The second kappa shape index (κ2) is 4.79. The topological polar surface area (TPSA) is 81.4 Å². The molecule has 0 aliphatic carbocycles. The van der Waals surface area contributed by atoms with Gasteiger partial charge in [0, 0.05) is 7.05 Å². The monoisotopic (exact) mass is 228 g/mol. The number of thiophene rings is 1. The molecule has 0 spiro atoms. The molecule has 1 aromatic heterocycles. The third-order valence-corrected chi connectivity index (χ3v) is 2.69. The van der Waals surface area contributed by atoms with Crippen molar-refractivity contribution >= 4 is 28.9 Å². The maximum absolute atomic E-state index is 11.5. The molecule has 0 radical (unpaired) electrons. The van der Waals surface area contributed by atoms with Crippen molar-refractivity contribution in [1.29, 1.82) is 0 Å². The van der Waals surface area contributed by atoms with Gasteiger partial charge in [-0.25, -0.2) is 4.79 Å². The Hall–Kier alpha value is -1.56. The molecular formula is C9H12N2O3S. The van der Waals surface area contributed by atoms with Crippen molar-refractivity contribution in [3.8, 4) is 0 Å². The zero-order valence-electron chi connectivity index (χ0n) is 8.44. The maximum Gasteiger partial charge on any atom is 0.351 e. The van der Waals surface area contributed by atoms with E-state index in [9.17, 15) is 9.59 Å². The number of likely N-dealkylation sites (N-methyl/N-ethyl adjacent to an activating group) is 1. The number of hydrogen-bond donors (Lipinski definition) is 2. The number of nitrogen functional groups attached to an aromatic ring is 1. The molecule has 0 bridgehead atoms. The molecule has 1 aromatic rings. The van der Waals surface area contributed by atoms with E-state index in [0.717, 1.165) is 0 Å². The Morgan fingerprint density at radius 3 is 2.73 bits per heavy atom. The number of nitrogens with one attached hydrogen (secondary N) is 1. The predicted octanol–water partition coefficient (Wildman–Crippen LogP) is 0.622. The minimum atomic E-state index is -0.816. The summed E-state index contributed by atoms with van der Waals surface area (Å²) in [5.74, 6) is -0.919. The zero-order valence-corrected chi connectivity index (χ0v) is 9.26. The Labute approximate surface area is 91.2 Å². The highest BCUT2D eigenvalue weighted by Crippen LogP contribution is 2.20. The second-order valence-electron chi connectivity index (χ2n) is 2.87. The summed E-state index contributed by atoms with van der Waals surface area (Å²) >= 11 is 1.19. The van der Waals surface area contributed by atoms with Crippen LogP contribution in [0.3, 0.4) is 0 Å². The van der Waals surface area contributed by atoms with Gasteiger partial charge < -0.3 is 15.8 Å². The summed E-state index contributed by atoms with van der Waals surface area (Å²) in [4.78, 5) is 22.9. The normalized spacial score (nSPS) is 11.9. The largest absolute Gasteiger partial charge is 0.448 e. The number of anilines is 1. The Kier molecular flexibility index (Phi) is 3.68. The average molecular weight is 228 g/mol. The molecule has 0 aliphatic rings. The number of ether oxygens (including phenoxy) is 1. The number of esters is 1. The number of nitrogens with two attached hydrogens (primary N) is 1. The van der Waals surface area contributed by atoms with Crippen molar-refractivity contribution < 1.29 is 14.3 Å². The third-order valence-electron chi connectivity index (χ3n) is 1.78. The van der Waals surface area contributed by atoms with E-state index in [1.165, 1.54) is 25.3 Å². The number of carbonyl (C=O) groups excluding carboxylic acids is 2. The highest BCUT2D eigenvalue weighted by molar-refractivity contribution is 7.12. The first-order chi connectivity index (χ1) is 7.06. The summed E-state index contributed by atoms with van der Waals surface area (Å²) in [6.07, 6.45) is -0.816.